The molecule has 0 unspecified atom stereocenters. The van der Waals surface area contributed by atoms with E-state index < -0.39 is 0 Å². The van der Waals surface area contributed by atoms with E-state index in [1.165, 1.54) is 5.69 Å². The van der Waals surface area contributed by atoms with E-state index >= 15 is 0 Å². The molecule has 5 nitrogen and oxygen atoms in total. The Kier molecular flexibility index (Phi) is 3.78. The van der Waals surface area contributed by atoms with Crippen LogP contribution in [-0.2, 0) is 0 Å². The van der Waals surface area contributed by atoms with E-state index in [9.17, 15) is 0 Å². The smallest absolute Gasteiger partial charge is 0.227 e. The highest BCUT2D eigenvalue weighted by Crippen LogP contribution is 2.22. The molecule has 104 valence electrons. The molecule has 0 radical (unpaired) electrons. The Morgan fingerprint density at radius 1 is 1.00 bits per heavy atom. The molecule has 3 rings (SSSR count). The third kappa shape index (κ3) is 3.05. The number of piperazine rings is 1. The second kappa shape index (κ2) is 5.88. The van der Waals surface area contributed by atoms with Crippen molar-refractivity contribution in [2.24, 2.45) is 0 Å². The number of rotatable bonds is 3. The number of hydrogen-bond acceptors (Lipinski definition) is 5. The number of benzene rings is 1. The zero-order valence-electron chi connectivity index (χ0n) is 11.7. The van der Waals surface area contributed by atoms with Crippen LogP contribution in [0.15, 0.2) is 42.7 Å². The van der Waals surface area contributed by atoms with Gasteiger partial charge < -0.3 is 15.1 Å². The minimum absolute atomic E-state index is 0.628. The standard InChI is InChI=1S/C15H19N5/c1-19-8-10-20(11-9-19)14-5-2-4-13(12-14)18-15-16-6-3-7-17-15/h2-7,12H,8-11H2,1H3,(H,16,17,18). The molecule has 1 saturated heterocycles. The summed E-state index contributed by atoms with van der Waals surface area (Å²) in [7, 11) is 2.17. The van der Waals surface area contributed by atoms with Crippen molar-refractivity contribution in [3.8, 4) is 0 Å². The van der Waals surface area contributed by atoms with Gasteiger partial charge in [0.25, 0.3) is 0 Å². The Morgan fingerprint density at radius 3 is 2.50 bits per heavy atom. The maximum absolute atomic E-state index is 4.18. The van der Waals surface area contributed by atoms with Gasteiger partial charge in [0.2, 0.25) is 5.95 Å². The number of likely N-dealkylation sites (N-methyl/N-ethyl adjacent to an activating group) is 1. The number of nitrogens with zero attached hydrogens (tertiary/aromatic N) is 4. The third-order valence-electron chi connectivity index (χ3n) is 3.54. The first kappa shape index (κ1) is 12.9. The van der Waals surface area contributed by atoms with Gasteiger partial charge in [-0.05, 0) is 31.3 Å². The van der Waals surface area contributed by atoms with Crippen molar-refractivity contribution in [1.82, 2.24) is 14.9 Å². The van der Waals surface area contributed by atoms with Crippen molar-refractivity contribution in [2.45, 2.75) is 0 Å². The van der Waals surface area contributed by atoms with Crippen LogP contribution in [0, 0.1) is 0 Å². The Hall–Kier alpha value is -2.14. The predicted molar refractivity (Wildman–Crippen MR) is 81.5 cm³/mol. The molecule has 1 aliphatic heterocycles. The fourth-order valence-corrected chi connectivity index (χ4v) is 2.34. The van der Waals surface area contributed by atoms with Gasteiger partial charge in [-0.25, -0.2) is 9.97 Å². The van der Waals surface area contributed by atoms with E-state index in [0.717, 1.165) is 31.9 Å². The van der Waals surface area contributed by atoms with Crippen molar-refractivity contribution in [1.29, 1.82) is 0 Å². The summed E-state index contributed by atoms with van der Waals surface area (Å²) in [6.45, 7) is 4.36. The lowest BCUT2D eigenvalue weighted by Crippen LogP contribution is -2.44. The highest BCUT2D eigenvalue weighted by Gasteiger charge is 2.14. The highest BCUT2D eigenvalue weighted by atomic mass is 15.2. The van der Waals surface area contributed by atoms with Gasteiger partial charge in [0.15, 0.2) is 0 Å². The van der Waals surface area contributed by atoms with Gasteiger partial charge in [-0.1, -0.05) is 6.07 Å². The second-order valence-electron chi connectivity index (χ2n) is 5.04. The molecular formula is C15H19N5. The molecule has 2 heterocycles. The van der Waals surface area contributed by atoms with Crippen molar-refractivity contribution >= 4 is 17.3 Å². The van der Waals surface area contributed by atoms with Crippen LogP contribution in [0.3, 0.4) is 0 Å². The van der Waals surface area contributed by atoms with Crippen LogP contribution in [0.25, 0.3) is 0 Å². The van der Waals surface area contributed by atoms with E-state index in [4.69, 9.17) is 0 Å². The summed E-state index contributed by atoms with van der Waals surface area (Å²) >= 11 is 0. The number of hydrogen-bond donors (Lipinski definition) is 1. The summed E-state index contributed by atoms with van der Waals surface area (Å²) in [6, 6.07) is 10.2. The minimum Gasteiger partial charge on any atom is -0.369 e. The lowest BCUT2D eigenvalue weighted by Gasteiger charge is -2.34. The monoisotopic (exact) mass is 269 g/mol. The van der Waals surface area contributed by atoms with Crippen LogP contribution >= 0.6 is 0 Å². The molecule has 0 aliphatic carbocycles. The molecule has 0 amide bonds. The third-order valence-corrected chi connectivity index (χ3v) is 3.54. The molecule has 0 atom stereocenters. The van der Waals surface area contributed by atoms with E-state index in [1.807, 2.05) is 12.1 Å². The fraction of sp³-hybridized carbons (Fsp3) is 0.333. The maximum Gasteiger partial charge on any atom is 0.227 e. The van der Waals surface area contributed by atoms with Crippen LogP contribution < -0.4 is 10.2 Å². The summed E-state index contributed by atoms with van der Waals surface area (Å²) in [5.41, 5.74) is 2.27. The van der Waals surface area contributed by atoms with Crippen molar-refractivity contribution < 1.29 is 0 Å². The van der Waals surface area contributed by atoms with Gasteiger partial charge in [0.1, 0.15) is 0 Å². The van der Waals surface area contributed by atoms with Gasteiger partial charge in [-0.3, -0.25) is 0 Å². The molecule has 20 heavy (non-hydrogen) atoms. The average molecular weight is 269 g/mol. The van der Waals surface area contributed by atoms with Gasteiger partial charge in [0, 0.05) is 49.9 Å². The Morgan fingerprint density at radius 2 is 1.75 bits per heavy atom. The van der Waals surface area contributed by atoms with Gasteiger partial charge in [-0.2, -0.15) is 0 Å². The summed E-state index contributed by atoms with van der Waals surface area (Å²) in [5, 5.41) is 3.23. The zero-order valence-corrected chi connectivity index (χ0v) is 11.7. The molecule has 1 aromatic heterocycles. The lowest BCUT2D eigenvalue weighted by atomic mass is 10.2. The molecule has 2 aromatic rings. The summed E-state index contributed by atoms with van der Waals surface area (Å²) in [6.07, 6.45) is 3.47. The average Bonchev–Trinajstić information content (AvgIpc) is 2.49. The molecule has 0 saturated carbocycles. The van der Waals surface area contributed by atoms with E-state index in [1.54, 1.807) is 12.4 Å². The molecular weight excluding hydrogens is 250 g/mol. The van der Waals surface area contributed by atoms with E-state index in [-0.39, 0.29) is 0 Å². The van der Waals surface area contributed by atoms with Gasteiger partial charge in [0.05, 0.1) is 0 Å². The van der Waals surface area contributed by atoms with Crippen molar-refractivity contribution in [2.75, 3.05) is 43.4 Å². The normalized spacial score (nSPS) is 16.1. The van der Waals surface area contributed by atoms with Gasteiger partial charge >= 0.3 is 0 Å². The summed E-state index contributed by atoms with van der Waals surface area (Å²) in [4.78, 5) is 13.1. The first-order chi connectivity index (χ1) is 9.81. The van der Waals surface area contributed by atoms with Crippen molar-refractivity contribution in [3.05, 3.63) is 42.7 Å². The molecule has 1 aromatic carbocycles. The molecule has 5 heteroatoms. The Balaban J connectivity index is 1.73. The largest absolute Gasteiger partial charge is 0.369 e. The zero-order chi connectivity index (χ0) is 13.8. The van der Waals surface area contributed by atoms with E-state index in [0.29, 0.717) is 5.95 Å². The topological polar surface area (TPSA) is 44.3 Å². The van der Waals surface area contributed by atoms with Crippen LogP contribution in [0.1, 0.15) is 0 Å². The molecule has 1 fully saturated rings. The summed E-state index contributed by atoms with van der Waals surface area (Å²) in [5.74, 6) is 0.628. The Labute approximate surface area is 119 Å². The quantitative estimate of drug-likeness (QED) is 0.923. The van der Waals surface area contributed by atoms with Crippen LogP contribution in [-0.4, -0.2) is 48.1 Å². The first-order valence-corrected chi connectivity index (χ1v) is 6.89. The summed E-state index contributed by atoms with van der Waals surface area (Å²) < 4.78 is 0. The maximum atomic E-state index is 4.18. The molecule has 1 N–H and O–H groups in total. The molecule has 0 spiro atoms. The fourth-order valence-electron chi connectivity index (χ4n) is 2.34. The van der Waals surface area contributed by atoms with E-state index in [2.05, 4.69) is 50.3 Å². The Bertz CT molecular complexity index is 549. The highest BCUT2D eigenvalue weighted by molar-refractivity contribution is 5.62. The van der Waals surface area contributed by atoms with Gasteiger partial charge in [-0.15, -0.1) is 0 Å². The second-order valence-corrected chi connectivity index (χ2v) is 5.04. The molecule has 1 aliphatic rings. The SMILES string of the molecule is CN1CCN(c2cccc(Nc3ncccn3)c2)CC1. The lowest BCUT2D eigenvalue weighted by molar-refractivity contribution is 0.313. The minimum atomic E-state index is 0.628. The van der Waals surface area contributed by atoms with Crippen molar-refractivity contribution in [3.63, 3.8) is 0 Å². The number of aromatic nitrogens is 2. The number of anilines is 3. The van der Waals surface area contributed by atoms with Crippen LogP contribution in [0.5, 0.6) is 0 Å². The molecule has 0 bridgehead atoms. The van der Waals surface area contributed by atoms with Crippen LogP contribution in [0.4, 0.5) is 17.3 Å². The predicted octanol–water partition coefficient (Wildman–Crippen LogP) is 1.97. The number of nitrogens with one attached hydrogen (secondary N) is 1. The first-order valence-electron chi connectivity index (χ1n) is 6.89. The van der Waals surface area contributed by atoms with Crippen LogP contribution in [0.2, 0.25) is 0 Å².